The van der Waals surface area contributed by atoms with Crippen LogP contribution in [0, 0.1) is 0 Å². The molecular weight excluding hydrogens is 270 g/mol. The average molecular weight is 283 g/mol. The Morgan fingerprint density at radius 2 is 1.76 bits per heavy atom. The van der Waals surface area contributed by atoms with Gasteiger partial charge in [0, 0.05) is 12.1 Å². The van der Waals surface area contributed by atoms with E-state index in [0.717, 1.165) is 5.56 Å². The third-order valence-electron chi connectivity index (χ3n) is 3.36. The monoisotopic (exact) mass is 283 g/mol. The van der Waals surface area contributed by atoms with E-state index in [4.69, 9.17) is 4.74 Å². The van der Waals surface area contributed by atoms with E-state index in [-0.39, 0.29) is 17.7 Å². The lowest BCUT2D eigenvalue weighted by Gasteiger charge is -2.21. The highest BCUT2D eigenvalue weighted by Crippen LogP contribution is 2.34. The van der Waals surface area contributed by atoms with Crippen LogP contribution in [-0.4, -0.2) is 17.0 Å². The van der Waals surface area contributed by atoms with Crippen molar-refractivity contribution < 1.29 is 19.4 Å². The quantitative estimate of drug-likeness (QED) is 0.833. The Balaban J connectivity index is 1.80. The zero-order chi connectivity index (χ0) is 14.9. The Morgan fingerprint density at radius 3 is 2.52 bits per heavy atom. The van der Waals surface area contributed by atoms with Crippen molar-refractivity contribution in [2.24, 2.45) is 0 Å². The van der Waals surface area contributed by atoms with Crippen LogP contribution < -0.4 is 5.32 Å². The molecule has 2 aromatic carbocycles. The first kappa shape index (κ1) is 13.3. The molecule has 2 N–H and O–H groups in total. The topological polar surface area (TPSA) is 75.6 Å². The van der Waals surface area contributed by atoms with E-state index >= 15 is 0 Å². The number of hydrogen-bond acceptors (Lipinski definition) is 4. The molecule has 106 valence electrons. The van der Waals surface area contributed by atoms with Gasteiger partial charge in [0.2, 0.25) is 0 Å². The summed E-state index contributed by atoms with van der Waals surface area (Å²) in [5.41, 5.74) is 1.25. The van der Waals surface area contributed by atoms with Crippen LogP contribution in [0.1, 0.15) is 21.5 Å². The third-order valence-corrected chi connectivity index (χ3v) is 3.36. The Labute approximate surface area is 121 Å². The molecule has 1 aliphatic heterocycles. The van der Waals surface area contributed by atoms with Crippen molar-refractivity contribution in [3.8, 4) is 0 Å². The number of carbonyl (C=O) groups is 2. The number of rotatable bonds is 3. The fourth-order valence-electron chi connectivity index (χ4n) is 2.27. The van der Waals surface area contributed by atoms with E-state index in [9.17, 15) is 14.7 Å². The summed E-state index contributed by atoms with van der Waals surface area (Å²) in [6.07, 6.45) is 0. The lowest BCUT2D eigenvalue weighted by molar-refractivity contribution is -0.186. The Bertz CT molecular complexity index is 698. The Morgan fingerprint density at radius 1 is 1.10 bits per heavy atom. The van der Waals surface area contributed by atoms with E-state index in [2.05, 4.69) is 5.32 Å². The fourth-order valence-corrected chi connectivity index (χ4v) is 2.27. The molecule has 0 radical (unpaired) electrons. The molecule has 0 bridgehead atoms. The number of aliphatic hydroxyl groups is 1. The first-order valence-electron chi connectivity index (χ1n) is 6.49. The van der Waals surface area contributed by atoms with Gasteiger partial charge in [-0.25, -0.2) is 4.79 Å². The number of cyclic esters (lactones) is 1. The molecule has 0 fully saturated rings. The number of benzene rings is 2. The normalized spacial score (nSPS) is 19.8. The van der Waals surface area contributed by atoms with Gasteiger partial charge in [-0.1, -0.05) is 48.5 Å². The van der Waals surface area contributed by atoms with Gasteiger partial charge in [0.1, 0.15) is 0 Å². The maximum atomic E-state index is 12.2. The van der Waals surface area contributed by atoms with Crippen molar-refractivity contribution in [1.82, 2.24) is 5.32 Å². The Kier molecular flexibility index (Phi) is 3.19. The van der Waals surface area contributed by atoms with E-state index in [0.29, 0.717) is 0 Å². The van der Waals surface area contributed by atoms with E-state index < -0.39 is 17.7 Å². The second-order valence-corrected chi connectivity index (χ2v) is 4.75. The second-order valence-electron chi connectivity index (χ2n) is 4.75. The highest BCUT2D eigenvalue weighted by Gasteiger charge is 2.50. The molecule has 3 rings (SSSR count). The highest BCUT2D eigenvalue weighted by molar-refractivity contribution is 6.01. The van der Waals surface area contributed by atoms with Gasteiger partial charge >= 0.3 is 11.8 Å². The molecular formula is C16H13NO4. The molecule has 1 heterocycles. The van der Waals surface area contributed by atoms with Crippen molar-refractivity contribution in [3.63, 3.8) is 0 Å². The van der Waals surface area contributed by atoms with Crippen LogP contribution in [0.4, 0.5) is 0 Å². The molecule has 2 aromatic rings. The molecule has 1 amide bonds. The number of fused-ring (bicyclic) bond motifs is 1. The summed E-state index contributed by atoms with van der Waals surface area (Å²) < 4.78 is 4.87. The van der Waals surface area contributed by atoms with Gasteiger partial charge < -0.3 is 15.2 Å². The highest BCUT2D eigenvalue weighted by atomic mass is 16.7. The molecule has 1 aliphatic rings. The second kappa shape index (κ2) is 5.03. The van der Waals surface area contributed by atoms with Crippen molar-refractivity contribution >= 4 is 11.9 Å². The minimum Gasteiger partial charge on any atom is -0.415 e. The summed E-state index contributed by atoms with van der Waals surface area (Å²) in [5, 5.41) is 13.0. The molecule has 21 heavy (non-hydrogen) atoms. The number of ether oxygens (including phenoxy) is 1. The lowest BCUT2D eigenvalue weighted by atomic mass is 10.0. The molecule has 1 atom stereocenters. The zero-order valence-electron chi connectivity index (χ0n) is 11.1. The predicted molar refractivity (Wildman–Crippen MR) is 74.0 cm³/mol. The molecule has 5 nitrogen and oxygen atoms in total. The summed E-state index contributed by atoms with van der Waals surface area (Å²) in [6, 6.07) is 15.6. The Hall–Kier alpha value is -2.66. The molecule has 0 aliphatic carbocycles. The van der Waals surface area contributed by atoms with Crippen LogP contribution in [0.2, 0.25) is 0 Å². The predicted octanol–water partition coefficient (Wildman–Crippen LogP) is 1.32. The van der Waals surface area contributed by atoms with Crippen LogP contribution >= 0.6 is 0 Å². The molecule has 0 saturated carbocycles. The summed E-state index contributed by atoms with van der Waals surface area (Å²) in [4.78, 5) is 23.9. The van der Waals surface area contributed by atoms with Crippen LogP contribution in [0.5, 0.6) is 0 Å². The molecule has 5 heteroatoms. The minimum absolute atomic E-state index is 0.167. The van der Waals surface area contributed by atoms with Crippen LogP contribution in [0.3, 0.4) is 0 Å². The smallest absolute Gasteiger partial charge is 0.341 e. The molecule has 0 saturated heterocycles. The van der Waals surface area contributed by atoms with Gasteiger partial charge in [-0.15, -0.1) is 0 Å². The van der Waals surface area contributed by atoms with Gasteiger partial charge in [0.15, 0.2) is 0 Å². The van der Waals surface area contributed by atoms with Crippen LogP contribution in [-0.2, 0) is 21.9 Å². The first-order chi connectivity index (χ1) is 10.1. The number of amides is 1. The summed E-state index contributed by atoms with van der Waals surface area (Å²) >= 11 is 0. The van der Waals surface area contributed by atoms with Gasteiger partial charge in [-0.05, 0) is 11.6 Å². The molecule has 1 unspecified atom stereocenters. The summed E-state index contributed by atoms with van der Waals surface area (Å²) in [5.74, 6) is -3.73. The number of carbonyl (C=O) groups excluding carboxylic acids is 2. The summed E-state index contributed by atoms with van der Waals surface area (Å²) in [6.45, 7) is 0.238. The van der Waals surface area contributed by atoms with Gasteiger partial charge in [-0.2, -0.15) is 0 Å². The van der Waals surface area contributed by atoms with Crippen molar-refractivity contribution in [1.29, 1.82) is 0 Å². The SMILES string of the molecule is O=C1OC(O)(C(=O)NCc2ccccc2)c2ccccc21. The van der Waals surface area contributed by atoms with Crippen molar-refractivity contribution in [2.75, 3.05) is 0 Å². The molecule has 0 spiro atoms. The van der Waals surface area contributed by atoms with Crippen molar-refractivity contribution in [2.45, 2.75) is 12.3 Å². The van der Waals surface area contributed by atoms with E-state index in [1.807, 2.05) is 30.3 Å². The standard InChI is InChI=1S/C16H13NO4/c18-14-12-8-4-5-9-13(12)16(20,21-14)15(19)17-10-11-6-2-1-3-7-11/h1-9,20H,10H2,(H,17,19). The first-order valence-corrected chi connectivity index (χ1v) is 6.49. The number of nitrogens with one attached hydrogen (secondary N) is 1. The van der Waals surface area contributed by atoms with E-state index in [1.165, 1.54) is 12.1 Å². The zero-order valence-corrected chi connectivity index (χ0v) is 11.1. The minimum atomic E-state index is -2.26. The number of hydrogen-bond donors (Lipinski definition) is 2. The maximum Gasteiger partial charge on any atom is 0.341 e. The average Bonchev–Trinajstić information content (AvgIpc) is 2.79. The van der Waals surface area contributed by atoms with Crippen LogP contribution in [0.15, 0.2) is 54.6 Å². The third kappa shape index (κ3) is 2.28. The largest absolute Gasteiger partial charge is 0.415 e. The maximum absolute atomic E-state index is 12.2. The summed E-state index contributed by atoms with van der Waals surface area (Å²) in [7, 11) is 0. The van der Waals surface area contributed by atoms with Crippen LogP contribution in [0.25, 0.3) is 0 Å². The fraction of sp³-hybridized carbons (Fsp3) is 0.125. The molecule has 0 aromatic heterocycles. The van der Waals surface area contributed by atoms with Gasteiger partial charge in [0.25, 0.3) is 5.91 Å². The lowest BCUT2D eigenvalue weighted by Crippen LogP contribution is -2.44. The van der Waals surface area contributed by atoms with Gasteiger partial charge in [0.05, 0.1) is 5.56 Å². The van der Waals surface area contributed by atoms with Crippen molar-refractivity contribution in [3.05, 3.63) is 71.3 Å². The number of esters is 1. The van der Waals surface area contributed by atoms with E-state index in [1.54, 1.807) is 12.1 Å². The van der Waals surface area contributed by atoms with Gasteiger partial charge in [-0.3, -0.25) is 4.79 Å².